The third-order valence-corrected chi connectivity index (χ3v) is 4.51. The Kier molecular flexibility index (Phi) is 6.70. The predicted molar refractivity (Wildman–Crippen MR) is 125 cm³/mol. The molecule has 0 aliphatic carbocycles. The maximum absolute atomic E-state index is 6.33. The first kappa shape index (κ1) is 19.5. The van der Waals surface area contributed by atoms with E-state index in [2.05, 4.69) is 48.5 Å². The van der Waals surface area contributed by atoms with Crippen LogP contribution in [0.5, 0.6) is 0 Å². The molecule has 0 atom stereocenters. The van der Waals surface area contributed by atoms with Crippen molar-refractivity contribution in [1.29, 1.82) is 0 Å². The Labute approximate surface area is 171 Å². The molecule has 0 spiro atoms. The van der Waals surface area contributed by atoms with Gasteiger partial charge in [-0.2, -0.15) is 0 Å². The van der Waals surface area contributed by atoms with Crippen molar-refractivity contribution in [2.75, 3.05) is 4.81 Å². The molecule has 2 heteroatoms. The summed E-state index contributed by atoms with van der Waals surface area (Å²) in [6.07, 6.45) is 0. The second-order valence-corrected chi connectivity index (χ2v) is 6.20. The molecule has 0 heterocycles. The van der Waals surface area contributed by atoms with E-state index in [0.29, 0.717) is 0 Å². The van der Waals surface area contributed by atoms with Crippen molar-refractivity contribution in [2.45, 2.75) is 13.8 Å². The molecule has 0 fully saturated rings. The summed E-state index contributed by atoms with van der Waals surface area (Å²) >= 11 is 0. The molecule has 0 aliphatic rings. The fourth-order valence-corrected chi connectivity index (χ4v) is 3.04. The third-order valence-electron chi connectivity index (χ3n) is 4.51. The van der Waals surface area contributed by atoms with Crippen LogP contribution in [0.1, 0.15) is 15.3 Å². The van der Waals surface area contributed by atoms with Crippen molar-refractivity contribution in [3.05, 3.63) is 109 Å². The zero-order valence-corrected chi connectivity index (χ0v) is 16.4. The molecule has 1 nitrogen and oxygen atoms in total. The summed E-state index contributed by atoms with van der Waals surface area (Å²) < 4.78 is 0. The lowest BCUT2D eigenvalue weighted by molar-refractivity contribution is 1.41. The van der Waals surface area contributed by atoms with Gasteiger partial charge in [0.1, 0.15) is 0 Å². The van der Waals surface area contributed by atoms with Crippen molar-refractivity contribution >= 4 is 19.4 Å². The van der Waals surface area contributed by atoms with Crippen LogP contribution in [0, 0.1) is 0 Å². The van der Waals surface area contributed by atoms with Crippen LogP contribution in [0.25, 0.3) is 22.3 Å². The van der Waals surface area contributed by atoms with E-state index in [1.54, 1.807) is 4.81 Å². The van der Waals surface area contributed by atoms with E-state index in [1.165, 1.54) is 22.3 Å². The predicted octanol–water partition coefficient (Wildman–Crippen LogP) is 7.51. The van der Waals surface area contributed by atoms with Crippen LogP contribution in [0.2, 0.25) is 0 Å². The molecule has 4 aromatic rings. The van der Waals surface area contributed by atoms with Crippen LogP contribution in [0.4, 0.5) is 11.4 Å². The fourth-order valence-electron chi connectivity index (χ4n) is 3.04. The fraction of sp³-hybridized carbons (Fsp3) is 0.0769. The van der Waals surface area contributed by atoms with E-state index in [4.69, 9.17) is 7.98 Å². The van der Waals surface area contributed by atoms with Crippen LogP contribution >= 0.6 is 0 Å². The SMILES string of the molecule is CC.[B]N(c1ccc(-c2ccccc2)cc1)c1ccc(-c2ccccc2)cc1.[HH]. The van der Waals surface area contributed by atoms with E-state index in [-0.39, 0.29) is 1.43 Å². The van der Waals surface area contributed by atoms with Crippen LogP contribution in [0.3, 0.4) is 0 Å². The van der Waals surface area contributed by atoms with E-state index >= 15 is 0 Å². The summed E-state index contributed by atoms with van der Waals surface area (Å²) in [5.41, 5.74) is 6.68. The van der Waals surface area contributed by atoms with Gasteiger partial charge in [-0.05, 0) is 46.5 Å². The monoisotopic (exact) mass is 363 g/mol. The molecular weight excluding hydrogens is 337 g/mol. The lowest BCUT2D eigenvalue weighted by atomic mass is 10.0. The van der Waals surface area contributed by atoms with Gasteiger partial charge in [0.05, 0.1) is 0 Å². The van der Waals surface area contributed by atoms with Crippen molar-refractivity contribution < 1.29 is 1.43 Å². The highest BCUT2D eigenvalue weighted by Crippen LogP contribution is 2.28. The van der Waals surface area contributed by atoms with E-state index in [1.807, 2.05) is 74.5 Å². The maximum atomic E-state index is 6.33. The summed E-state index contributed by atoms with van der Waals surface area (Å²) in [7, 11) is 6.33. The molecule has 0 amide bonds. The van der Waals surface area contributed by atoms with E-state index in [9.17, 15) is 0 Å². The number of benzene rings is 4. The highest BCUT2D eigenvalue weighted by Gasteiger charge is 2.05. The number of anilines is 2. The first-order chi connectivity index (χ1) is 13.8. The van der Waals surface area contributed by atoms with Crippen molar-refractivity contribution in [3.8, 4) is 22.3 Å². The molecule has 0 N–H and O–H groups in total. The summed E-state index contributed by atoms with van der Waals surface area (Å²) in [5.74, 6) is 0. The van der Waals surface area contributed by atoms with Gasteiger partial charge in [-0.1, -0.05) is 98.8 Å². The molecule has 2 radical (unpaired) electrons. The van der Waals surface area contributed by atoms with Gasteiger partial charge in [-0.15, -0.1) is 0 Å². The minimum Gasteiger partial charge on any atom is -0.398 e. The molecule has 0 saturated heterocycles. The van der Waals surface area contributed by atoms with E-state index < -0.39 is 0 Å². The smallest absolute Gasteiger partial charge is 0.234 e. The highest BCUT2D eigenvalue weighted by molar-refractivity contribution is 6.22. The lowest BCUT2D eigenvalue weighted by Gasteiger charge is -2.21. The molecule has 4 rings (SSSR count). The molecular formula is C26H26BN. The summed E-state index contributed by atoms with van der Waals surface area (Å²) in [5, 5.41) is 0. The van der Waals surface area contributed by atoms with Gasteiger partial charge < -0.3 is 4.81 Å². The number of hydrogen-bond acceptors (Lipinski definition) is 1. The zero-order chi connectivity index (χ0) is 19.8. The molecule has 4 aromatic carbocycles. The van der Waals surface area contributed by atoms with Crippen LogP contribution in [-0.4, -0.2) is 7.98 Å². The minimum absolute atomic E-state index is 0. The highest BCUT2D eigenvalue weighted by atomic mass is 15.0. The first-order valence-electron chi connectivity index (χ1n) is 9.67. The molecule has 0 aliphatic heterocycles. The normalized spacial score (nSPS) is 9.93. The van der Waals surface area contributed by atoms with Crippen molar-refractivity contribution in [1.82, 2.24) is 0 Å². The van der Waals surface area contributed by atoms with Gasteiger partial charge in [0.2, 0.25) is 7.98 Å². The Morgan fingerprint density at radius 2 is 0.750 bits per heavy atom. The summed E-state index contributed by atoms with van der Waals surface area (Å²) in [4.78, 5) is 1.71. The quantitative estimate of drug-likeness (QED) is 0.339. The average molecular weight is 363 g/mol. The van der Waals surface area contributed by atoms with Crippen LogP contribution in [0.15, 0.2) is 109 Å². The van der Waals surface area contributed by atoms with Gasteiger partial charge in [-0.3, -0.25) is 0 Å². The zero-order valence-electron chi connectivity index (χ0n) is 16.4. The average Bonchev–Trinajstić information content (AvgIpc) is 2.81. The van der Waals surface area contributed by atoms with Gasteiger partial charge in [0.15, 0.2) is 0 Å². The Bertz CT molecular complexity index is 886. The number of rotatable bonds is 4. The Balaban J connectivity index is 0.000000970. The number of hydrogen-bond donors (Lipinski definition) is 0. The second kappa shape index (κ2) is 9.61. The Hall–Kier alpha value is -3.26. The van der Waals surface area contributed by atoms with Gasteiger partial charge in [0.25, 0.3) is 0 Å². The first-order valence-corrected chi connectivity index (χ1v) is 9.67. The molecule has 0 saturated carbocycles. The van der Waals surface area contributed by atoms with Gasteiger partial charge >= 0.3 is 0 Å². The van der Waals surface area contributed by atoms with Crippen LogP contribution < -0.4 is 4.81 Å². The largest absolute Gasteiger partial charge is 0.398 e. The molecule has 28 heavy (non-hydrogen) atoms. The Morgan fingerprint density at radius 3 is 1.07 bits per heavy atom. The molecule has 0 bridgehead atoms. The lowest BCUT2D eigenvalue weighted by Crippen LogP contribution is -2.11. The summed E-state index contributed by atoms with van der Waals surface area (Å²) in [6, 6.07) is 37.3. The molecule has 0 aromatic heterocycles. The number of nitrogens with zero attached hydrogens (tertiary/aromatic N) is 1. The molecule has 138 valence electrons. The third kappa shape index (κ3) is 4.53. The second-order valence-electron chi connectivity index (χ2n) is 6.20. The molecule has 0 unspecified atom stereocenters. The van der Waals surface area contributed by atoms with Crippen molar-refractivity contribution in [2.24, 2.45) is 0 Å². The van der Waals surface area contributed by atoms with E-state index in [0.717, 1.165) is 11.4 Å². The van der Waals surface area contributed by atoms with Crippen LogP contribution in [-0.2, 0) is 0 Å². The minimum atomic E-state index is 0. The van der Waals surface area contributed by atoms with Gasteiger partial charge in [-0.25, -0.2) is 0 Å². The topological polar surface area (TPSA) is 3.24 Å². The summed E-state index contributed by atoms with van der Waals surface area (Å²) in [6.45, 7) is 4.00. The maximum Gasteiger partial charge on any atom is 0.234 e. The van der Waals surface area contributed by atoms with Crippen molar-refractivity contribution in [3.63, 3.8) is 0 Å². The standard InChI is InChI=1S/C24H18BN.C2H6.H2/c25-26(23-15-11-21(12-16-23)19-7-3-1-4-8-19)24-17-13-22(14-18-24)20-9-5-2-6-10-20;1-2;/h1-18H;1-2H3;1H. The van der Waals surface area contributed by atoms with Gasteiger partial charge in [0, 0.05) is 12.8 Å². The Morgan fingerprint density at radius 1 is 0.464 bits per heavy atom.